The molecule has 6 nitrogen and oxygen atoms in total. The van der Waals surface area contributed by atoms with E-state index in [0.29, 0.717) is 19.5 Å². The first kappa shape index (κ1) is 18.1. The molecule has 1 aromatic rings. The van der Waals surface area contributed by atoms with E-state index in [1.165, 1.54) is 12.1 Å². The standard InChI is InChI=1S/C16H21FN4O2S/c17-13-7-5-12(6-8-13)10-18-16(24)20-19-14(22)11-21-9-3-1-2-4-15(21)23/h5-8H,1-4,9-11H2,(H,19,22)(H2,18,20,24). The van der Waals surface area contributed by atoms with E-state index < -0.39 is 0 Å². The molecule has 3 N–H and O–H groups in total. The minimum Gasteiger partial charge on any atom is -0.357 e. The van der Waals surface area contributed by atoms with Gasteiger partial charge >= 0.3 is 0 Å². The van der Waals surface area contributed by atoms with Crippen LogP contribution >= 0.6 is 12.2 Å². The molecule has 0 aliphatic carbocycles. The third kappa shape index (κ3) is 6.11. The molecule has 0 spiro atoms. The molecule has 0 unspecified atom stereocenters. The van der Waals surface area contributed by atoms with Gasteiger partial charge in [0.05, 0.1) is 0 Å². The van der Waals surface area contributed by atoms with E-state index >= 15 is 0 Å². The van der Waals surface area contributed by atoms with Crippen molar-refractivity contribution in [3.8, 4) is 0 Å². The van der Waals surface area contributed by atoms with Crippen LogP contribution in [0.15, 0.2) is 24.3 Å². The Morgan fingerprint density at radius 3 is 2.67 bits per heavy atom. The van der Waals surface area contributed by atoms with Crippen LogP contribution in [0.25, 0.3) is 0 Å². The number of nitrogens with one attached hydrogen (secondary N) is 3. The highest BCUT2D eigenvalue weighted by Crippen LogP contribution is 2.10. The maximum atomic E-state index is 12.8. The molecule has 1 aromatic carbocycles. The summed E-state index contributed by atoms with van der Waals surface area (Å²) in [5.74, 6) is -0.606. The van der Waals surface area contributed by atoms with Gasteiger partial charge in [-0.2, -0.15) is 0 Å². The summed E-state index contributed by atoms with van der Waals surface area (Å²) in [6.45, 7) is 1.04. The molecule has 8 heteroatoms. The number of hydrogen-bond acceptors (Lipinski definition) is 3. The minimum atomic E-state index is -0.323. The zero-order valence-corrected chi connectivity index (χ0v) is 14.1. The number of hydrazine groups is 1. The van der Waals surface area contributed by atoms with Crippen molar-refractivity contribution in [3.63, 3.8) is 0 Å². The number of thiocarbonyl (C=S) groups is 1. The molecule has 2 amide bonds. The predicted octanol–water partition coefficient (Wildman–Crippen LogP) is 1.22. The molecule has 130 valence electrons. The summed E-state index contributed by atoms with van der Waals surface area (Å²) in [6.07, 6.45) is 3.31. The van der Waals surface area contributed by atoms with Crippen LogP contribution in [-0.2, 0) is 16.1 Å². The summed E-state index contributed by atoms with van der Waals surface area (Å²) in [7, 11) is 0. The van der Waals surface area contributed by atoms with Gasteiger partial charge in [0.15, 0.2) is 5.11 Å². The van der Waals surface area contributed by atoms with E-state index in [1.807, 2.05) is 0 Å². The molecule has 0 saturated carbocycles. The van der Waals surface area contributed by atoms with Crippen LogP contribution in [0.5, 0.6) is 0 Å². The van der Waals surface area contributed by atoms with E-state index in [-0.39, 0.29) is 29.3 Å². The number of amides is 2. The van der Waals surface area contributed by atoms with Gasteiger partial charge in [0.25, 0.3) is 5.91 Å². The van der Waals surface area contributed by atoms with Gasteiger partial charge in [-0.1, -0.05) is 18.6 Å². The van der Waals surface area contributed by atoms with Crippen LogP contribution < -0.4 is 16.2 Å². The summed E-state index contributed by atoms with van der Waals surface area (Å²) in [4.78, 5) is 25.3. The topological polar surface area (TPSA) is 73.5 Å². The van der Waals surface area contributed by atoms with E-state index in [0.717, 1.165) is 24.8 Å². The van der Waals surface area contributed by atoms with Gasteiger partial charge in [0.2, 0.25) is 5.91 Å². The zero-order chi connectivity index (χ0) is 17.4. The third-order valence-corrected chi connectivity index (χ3v) is 3.93. The highest BCUT2D eigenvalue weighted by atomic mass is 32.1. The van der Waals surface area contributed by atoms with Crippen molar-refractivity contribution in [1.82, 2.24) is 21.1 Å². The second-order valence-corrected chi connectivity index (χ2v) is 6.02. The summed E-state index contributed by atoms with van der Waals surface area (Å²) in [5, 5.41) is 3.14. The van der Waals surface area contributed by atoms with E-state index in [9.17, 15) is 14.0 Å². The molecule has 0 atom stereocenters. The van der Waals surface area contributed by atoms with Crippen molar-refractivity contribution in [2.45, 2.75) is 32.2 Å². The number of carbonyl (C=O) groups excluding carboxylic acids is 2. The molecule has 2 rings (SSSR count). The fourth-order valence-electron chi connectivity index (χ4n) is 2.37. The summed E-state index contributed by atoms with van der Waals surface area (Å²) in [5.41, 5.74) is 5.93. The molecule has 1 fully saturated rings. The maximum absolute atomic E-state index is 12.8. The van der Waals surface area contributed by atoms with Gasteiger partial charge in [-0.3, -0.25) is 20.4 Å². The lowest BCUT2D eigenvalue weighted by atomic mass is 10.2. The Hall–Kier alpha value is -2.22. The molecule has 1 aliphatic rings. The van der Waals surface area contributed by atoms with Crippen molar-refractivity contribution >= 4 is 29.1 Å². The van der Waals surface area contributed by atoms with Crippen LogP contribution in [0.1, 0.15) is 31.2 Å². The summed E-state index contributed by atoms with van der Waals surface area (Å²) >= 11 is 5.06. The van der Waals surface area contributed by atoms with Gasteiger partial charge in [0, 0.05) is 19.5 Å². The van der Waals surface area contributed by atoms with E-state index in [1.54, 1.807) is 17.0 Å². The average Bonchev–Trinajstić information content (AvgIpc) is 2.77. The Kier molecular flexibility index (Phi) is 6.92. The van der Waals surface area contributed by atoms with Crippen LogP contribution in [-0.4, -0.2) is 34.9 Å². The predicted molar refractivity (Wildman–Crippen MR) is 92.2 cm³/mol. The summed E-state index contributed by atoms with van der Waals surface area (Å²) < 4.78 is 12.8. The SMILES string of the molecule is O=C(CN1CCCCCC1=O)NNC(=S)NCc1ccc(F)cc1. The number of likely N-dealkylation sites (tertiary alicyclic amines) is 1. The first-order valence-corrected chi connectivity index (χ1v) is 8.30. The minimum absolute atomic E-state index is 0.0136. The van der Waals surface area contributed by atoms with Crippen molar-refractivity contribution in [2.75, 3.05) is 13.1 Å². The molecule has 0 radical (unpaired) electrons. The quantitative estimate of drug-likeness (QED) is 0.561. The largest absolute Gasteiger partial charge is 0.357 e. The smallest absolute Gasteiger partial charge is 0.257 e. The lowest BCUT2D eigenvalue weighted by Crippen LogP contribution is -2.50. The average molecular weight is 352 g/mol. The molecule has 0 bridgehead atoms. The molecule has 0 aromatic heterocycles. The molecule has 1 saturated heterocycles. The van der Waals surface area contributed by atoms with Gasteiger partial charge in [-0.25, -0.2) is 4.39 Å². The van der Waals surface area contributed by atoms with E-state index in [4.69, 9.17) is 12.2 Å². The number of rotatable bonds is 4. The van der Waals surface area contributed by atoms with Crippen molar-refractivity contribution < 1.29 is 14.0 Å². The van der Waals surface area contributed by atoms with E-state index in [2.05, 4.69) is 16.2 Å². The Balaban J connectivity index is 1.67. The second kappa shape index (κ2) is 9.17. The number of hydrogen-bond donors (Lipinski definition) is 3. The first-order valence-electron chi connectivity index (χ1n) is 7.89. The second-order valence-electron chi connectivity index (χ2n) is 5.61. The number of nitrogens with zero attached hydrogens (tertiary/aromatic N) is 1. The van der Waals surface area contributed by atoms with Crippen molar-refractivity contribution in [3.05, 3.63) is 35.6 Å². The maximum Gasteiger partial charge on any atom is 0.257 e. The normalized spacial score (nSPS) is 14.7. The fraction of sp³-hybridized carbons (Fsp3) is 0.438. The Morgan fingerprint density at radius 2 is 1.92 bits per heavy atom. The van der Waals surface area contributed by atoms with Crippen LogP contribution in [0.3, 0.4) is 0 Å². The highest BCUT2D eigenvalue weighted by molar-refractivity contribution is 7.80. The molecule has 24 heavy (non-hydrogen) atoms. The monoisotopic (exact) mass is 352 g/mol. The summed E-state index contributed by atoms with van der Waals surface area (Å²) in [6, 6.07) is 6.03. The molecule has 1 aliphatic heterocycles. The number of carbonyl (C=O) groups is 2. The Bertz CT molecular complexity index is 594. The van der Waals surface area contributed by atoms with Crippen molar-refractivity contribution in [1.29, 1.82) is 0 Å². The van der Waals surface area contributed by atoms with Crippen molar-refractivity contribution in [2.24, 2.45) is 0 Å². The Morgan fingerprint density at radius 1 is 1.17 bits per heavy atom. The number of halogens is 1. The van der Waals surface area contributed by atoms with Crippen LogP contribution in [0.2, 0.25) is 0 Å². The molecular weight excluding hydrogens is 331 g/mol. The van der Waals surface area contributed by atoms with Crippen LogP contribution in [0.4, 0.5) is 4.39 Å². The highest BCUT2D eigenvalue weighted by Gasteiger charge is 2.19. The lowest BCUT2D eigenvalue weighted by molar-refractivity contribution is -0.135. The van der Waals surface area contributed by atoms with Crippen LogP contribution in [0, 0.1) is 5.82 Å². The molecule has 1 heterocycles. The van der Waals surface area contributed by atoms with Gasteiger partial charge in [-0.05, 0) is 42.8 Å². The first-order chi connectivity index (χ1) is 11.5. The lowest BCUT2D eigenvalue weighted by Gasteiger charge is -2.20. The van der Waals surface area contributed by atoms with Gasteiger partial charge < -0.3 is 10.2 Å². The Labute approximate surface area is 145 Å². The van der Waals surface area contributed by atoms with Gasteiger partial charge in [0.1, 0.15) is 12.4 Å². The third-order valence-electron chi connectivity index (χ3n) is 3.69. The van der Waals surface area contributed by atoms with Gasteiger partial charge in [-0.15, -0.1) is 0 Å². The fourth-order valence-corrected chi connectivity index (χ4v) is 2.50. The molecular formula is C16H21FN4O2S. The number of benzene rings is 1. The zero-order valence-electron chi connectivity index (χ0n) is 13.3.